The molecule has 0 saturated heterocycles. The van der Waals surface area contributed by atoms with Crippen molar-refractivity contribution in [1.29, 1.82) is 0 Å². The maximum absolute atomic E-state index is 9.86. The summed E-state index contributed by atoms with van der Waals surface area (Å²) in [7, 11) is 1.54. The Balaban J connectivity index is 2.12. The Bertz CT molecular complexity index is 821. The summed E-state index contributed by atoms with van der Waals surface area (Å²) in [5.41, 5.74) is 1.88. The number of phenols is 1. The number of methoxy groups -OCH3 is 1. The number of anilines is 2. The predicted octanol–water partition coefficient (Wildman–Crippen LogP) is 2.58. The van der Waals surface area contributed by atoms with Gasteiger partial charge in [-0.05, 0) is 24.3 Å². The summed E-state index contributed by atoms with van der Waals surface area (Å²) < 4.78 is 5.28. The van der Waals surface area contributed by atoms with E-state index in [4.69, 9.17) is 4.74 Å². The third-order valence-corrected chi connectivity index (χ3v) is 3.36. The van der Waals surface area contributed by atoms with Crippen molar-refractivity contribution in [3.05, 3.63) is 48.3 Å². The van der Waals surface area contributed by atoms with Crippen LogP contribution in [0.5, 0.6) is 11.5 Å². The van der Waals surface area contributed by atoms with Crippen molar-refractivity contribution in [2.75, 3.05) is 12.4 Å². The molecule has 3 aromatic rings. The van der Waals surface area contributed by atoms with E-state index in [1.807, 2.05) is 6.07 Å². The number of aliphatic hydroxyl groups excluding tert-OH is 1. The number of aromatic nitrogens is 2. The SMILES string of the molecule is COc1cc2c(Nc3ccccc3O)ncnc2cc1CO. The quantitative estimate of drug-likeness (QED) is 0.642. The standard InChI is InChI=1S/C16H15N3O3/c1-22-15-7-11-13(6-10(15)8-20)17-9-18-16(11)19-12-4-2-3-5-14(12)21/h2-7,9,20-21H,8H2,1H3,(H,17,18,19). The smallest absolute Gasteiger partial charge is 0.141 e. The molecule has 2 aromatic carbocycles. The molecule has 0 aliphatic heterocycles. The fourth-order valence-corrected chi connectivity index (χ4v) is 2.25. The molecule has 22 heavy (non-hydrogen) atoms. The number of phenolic OH excluding ortho intramolecular Hbond substituents is 1. The Labute approximate surface area is 127 Å². The summed E-state index contributed by atoms with van der Waals surface area (Å²) in [5, 5.41) is 23.1. The van der Waals surface area contributed by atoms with Crippen molar-refractivity contribution in [2.45, 2.75) is 6.61 Å². The summed E-state index contributed by atoms with van der Waals surface area (Å²) in [6, 6.07) is 10.4. The first-order chi connectivity index (χ1) is 10.7. The van der Waals surface area contributed by atoms with Gasteiger partial charge in [-0.15, -0.1) is 0 Å². The lowest BCUT2D eigenvalue weighted by Gasteiger charge is -2.12. The number of benzene rings is 2. The number of rotatable bonds is 4. The average molecular weight is 297 g/mol. The van der Waals surface area contributed by atoms with Gasteiger partial charge in [0.05, 0.1) is 24.9 Å². The second-order valence-electron chi connectivity index (χ2n) is 4.70. The van der Waals surface area contributed by atoms with Gasteiger partial charge in [0.2, 0.25) is 0 Å². The maximum Gasteiger partial charge on any atom is 0.141 e. The van der Waals surface area contributed by atoms with E-state index >= 15 is 0 Å². The monoisotopic (exact) mass is 297 g/mol. The van der Waals surface area contributed by atoms with Crippen molar-refractivity contribution in [2.24, 2.45) is 0 Å². The summed E-state index contributed by atoms with van der Waals surface area (Å²) in [4.78, 5) is 8.43. The van der Waals surface area contributed by atoms with Crippen LogP contribution in [0.2, 0.25) is 0 Å². The second-order valence-corrected chi connectivity index (χ2v) is 4.70. The van der Waals surface area contributed by atoms with Crippen molar-refractivity contribution >= 4 is 22.4 Å². The Morgan fingerprint density at radius 1 is 1.18 bits per heavy atom. The van der Waals surface area contributed by atoms with Gasteiger partial charge in [-0.1, -0.05) is 12.1 Å². The summed E-state index contributed by atoms with van der Waals surface area (Å²) >= 11 is 0. The number of aromatic hydroxyl groups is 1. The van der Waals surface area contributed by atoms with Crippen LogP contribution in [0, 0.1) is 0 Å². The second kappa shape index (κ2) is 5.87. The van der Waals surface area contributed by atoms with Gasteiger partial charge in [0.25, 0.3) is 0 Å². The minimum Gasteiger partial charge on any atom is -0.506 e. The van der Waals surface area contributed by atoms with Gasteiger partial charge in [-0.3, -0.25) is 0 Å². The highest BCUT2D eigenvalue weighted by molar-refractivity contribution is 5.92. The molecule has 1 aromatic heterocycles. The van der Waals surface area contributed by atoms with Gasteiger partial charge in [0.15, 0.2) is 0 Å². The van der Waals surface area contributed by atoms with E-state index in [0.717, 1.165) is 5.39 Å². The summed E-state index contributed by atoms with van der Waals surface area (Å²) in [6.07, 6.45) is 1.43. The molecule has 1 heterocycles. The van der Waals surface area contributed by atoms with Gasteiger partial charge in [0, 0.05) is 10.9 Å². The zero-order valence-electron chi connectivity index (χ0n) is 11.9. The zero-order chi connectivity index (χ0) is 15.5. The highest BCUT2D eigenvalue weighted by atomic mass is 16.5. The highest BCUT2D eigenvalue weighted by Gasteiger charge is 2.11. The van der Waals surface area contributed by atoms with Crippen molar-refractivity contribution in [1.82, 2.24) is 9.97 Å². The zero-order valence-corrected chi connectivity index (χ0v) is 11.9. The largest absolute Gasteiger partial charge is 0.506 e. The first-order valence-corrected chi connectivity index (χ1v) is 6.70. The Hall–Kier alpha value is -2.86. The van der Waals surface area contributed by atoms with Crippen LogP contribution in [0.25, 0.3) is 10.9 Å². The Morgan fingerprint density at radius 3 is 2.73 bits per heavy atom. The van der Waals surface area contributed by atoms with Crippen LogP contribution in [-0.4, -0.2) is 27.3 Å². The number of para-hydroxylation sites is 2. The number of fused-ring (bicyclic) bond motifs is 1. The van der Waals surface area contributed by atoms with Crippen LogP contribution in [0.15, 0.2) is 42.7 Å². The fourth-order valence-electron chi connectivity index (χ4n) is 2.25. The Morgan fingerprint density at radius 2 is 2.00 bits per heavy atom. The molecule has 6 nitrogen and oxygen atoms in total. The Kier molecular flexibility index (Phi) is 3.76. The number of nitrogens with zero attached hydrogens (tertiary/aromatic N) is 2. The normalized spacial score (nSPS) is 10.6. The number of aliphatic hydroxyl groups is 1. The summed E-state index contributed by atoms with van der Waals surface area (Å²) in [6.45, 7) is -0.134. The van der Waals surface area contributed by atoms with E-state index in [0.29, 0.717) is 28.3 Å². The molecular formula is C16H15N3O3. The summed E-state index contributed by atoms with van der Waals surface area (Å²) in [5.74, 6) is 1.24. The van der Waals surface area contributed by atoms with E-state index in [9.17, 15) is 10.2 Å². The van der Waals surface area contributed by atoms with Crippen molar-refractivity contribution < 1.29 is 14.9 Å². The molecule has 6 heteroatoms. The van der Waals surface area contributed by atoms with Gasteiger partial charge in [-0.2, -0.15) is 0 Å². The van der Waals surface area contributed by atoms with Crippen LogP contribution >= 0.6 is 0 Å². The van der Waals surface area contributed by atoms with Crippen LogP contribution in [0.3, 0.4) is 0 Å². The molecule has 0 bridgehead atoms. The lowest BCUT2D eigenvalue weighted by molar-refractivity contribution is 0.274. The predicted molar refractivity (Wildman–Crippen MR) is 83.4 cm³/mol. The molecule has 0 spiro atoms. The molecule has 0 aliphatic carbocycles. The number of hydrogen-bond acceptors (Lipinski definition) is 6. The molecule has 112 valence electrons. The first-order valence-electron chi connectivity index (χ1n) is 6.70. The van der Waals surface area contributed by atoms with Crippen LogP contribution in [-0.2, 0) is 6.61 Å². The molecule has 0 unspecified atom stereocenters. The van der Waals surface area contributed by atoms with Gasteiger partial charge in [0.1, 0.15) is 23.6 Å². The van der Waals surface area contributed by atoms with E-state index in [-0.39, 0.29) is 12.4 Å². The minimum atomic E-state index is -0.134. The van der Waals surface area contributed by atoms with Crippen LogP contribution < -0.4 is 10.1 Å². The molecule has 3 rings (SSSR count). The topological polar surface area (TPSA) is 87.5 Å². The minimum absolute atomic E-state index is 0.133. The van der Waals surface area contributed by atoms with Crippen molar-refractivity contribution in [3.8, 4) is 11.5 Å². The fraction of sp³-hybridized carbons (Fsp3) is 0.125. The van der Waals surface area contributed by atoms with Crippen LogP contribution in [0.1, 0.15) is 5.56 Å². The number of nitrogens with one attached hydrogen (secondary N) is 1. The van der Waals surface area contributed by atoms with Gasteiger partial charge >= 0.3 is 0 Å². The average Bonchev–Trinajstić information content (AvgIpc) is 2.56. The maximum atomic E-state index is 9.86. The molecule has 0 aliphatic rings. The molecule has 0 saturated carbocycles. The lowest BCUT2D eigenvalue weighted by atomic mass is 10.1. The molecule has 0 atom stereocenters. The van der Waals surface area contributed by atoms with Gasteiger partial charge in [-0.25, -0.2) is 9.97 Å². The number of hydrogen-bond donors (Lipinski definition) is 3. The first kappa shape index (κ1) is 14.1. The van der Waals surface area contributed by atoms with E-state index < -0.39 is 0 Å². The molecule has 3 N–H and O–H groups in total. The van der Waals surface area contributed by atoms with E-state index in [1.165, 1.54) is 6.33 Å². The molecular weight excluding hydrogens is 282 g/mol. The lowest BCUT2D eigenvalue weighted by Crippen LogP contribution is -1.98. The van der Waals surface area contributed by atoms with Gasteiger partial charge < -0.3 is 20.3 Å². The third kappa shape index (κ3) is 2.51. The molecule has 0 fully saturated rings. The highest BCUT2D eigenvalue weighted by Crippen LogP contribution is 2.32. The van der Waals surface area contributed by atoms with Crippen molar-refractivity contribution in [3.63, 3.8) is 0 Å². The van der Waals surface area contributed by atoms with E-state index in [1.54, 1.807) is 37.4 Å². The van der Waals surface area contributed by atoms with E-state index in [2.05, 4.69) is 15.3 Å². The molecule has 0 amide bonds. The van der Waals surface area contributed by atoms with Crippen LogP contribution in [0.4, 0.5) is 11.5 Å². The molecule has 0 radical (unpaired) electrons. The third-order valence-electron chi connectivity index (χ3n) is 3.36. The number of ether oxygens (including phenoxy) is 1.